The molecule has 3 aromatic rings. The van der Waals surface area contributed by atoms with Crippen molar-refractivity contribution >= 4 is 22.4 Å². The van der Waals surface area contributed by atoms with Crippen LogP contribution in [0, 0.1) is 0 Å². The van der Waals surface area contributed by atoms with Crippen molar-refractivity contribution in [2.45, 2.75) is 13.0 Å². The van der Waals surface area contributed by atoms with Crippen molar-refractivity contribution in [2.24, 2.45) is 0 Å². The summed E-state index contributed by atoms with van der Waals surface area (Å²) in [5.41, 5.74) is 2.33. The van der Waals surface area contributed by atoms with Crippen molar-refractivity contribution in [3.8, 4) is 5.75 Å². The number of methoxy groups -OCH3 is 1. The first-order chi connectivity index (χ1) is 14.6. The van der Waals surface area contributed by atoms with Gasteiger partial charge in [0.1, 0.15) is 5.75 Å². The Balaban J connectivity index is 1.27. The van der Waals surface area contributed by atoms with Crippen LogP contribution < -0.4 is 15.0 Å². The van der Waals surface area contributed by atoms with E-state index in [1.165, 1.54) is 16.5 Å². The zero-order chi connectivity index (χ0) is 20.9. The van der Waals surface area contributed by atoms with Gasteiger partial charge in [-0.15, -0.1) is 0 Å². The van der Waals surface area contributed by atoms with Crippen molar-refractivity contribution in [1.29, 1.82) is 0 Å². The van der Waals surface area contributed by atoms with Gasteiger partial charge in [0, 0.05) is 31.9 Å². The minimum Gasteiger partial charge on any atom is -0.497 e. The number of nitrogens with one attached hydrogen (secondary N) is 1. The van der Waals surface area contributed by atoms with E-state index in [1.807, 2.05) is 31.2 Å². The number of hydrogen-bond donors (Lipinski definition) is 1. The van der Waals surface area contributed by atoms with Gasteiger partial charge in [0.15, 0.2) is 0 Å². The fraction of sp³-hybridized carbons (Fsp3) is 0.320. The molecule has 4 rings (SSSR count). The molecule has 0 spiro atoms. The van der Waals surface area contributed by atoms with E-state index in [9.17, 15) is 4.79 Å². The van der Waals surface area contributed by atoms with Crippen molar-refractivity contribution in [3.63, 3.8) is 0 Å². The van der Waals surface area contributed by atoms with Crippen LogP contribution >= 0.6 is 0 Å². The lowest BCUT2D eigenvalue weighted by atomic mass is 10.0. The molecule has 1 fully saturated rings. The van der Waals surface area contributed by atoms with Crippen LogP contribution in [-0.4, -0.2) is 50.6 Å². The van der Waals surface area contributed by atoms with E-state index in [4.69, 9.17) is 4.74 Å². The van der Waals surface area contributed by atoms with Gasteiger partial charge < -0.3 is 15.0 Å². The molecule has 3 aromatic carbocycles. The first-order valence-corrected chi connectivity index (χ1v) is 10.5. The van der Waals surface area contributed by atoms with Gasteiger partial charge in [-0.1, -0.05) is 36.4 Å². The molecule has 0 bridgehead atoms. The van der Waals surface area contributed by atoms with Gasteiger partial charge in [0.2, 0.25) is 5.91 Å². The van der Waals surface area contributed by atoms with Crippen LogP contribution in [0.4, 0.5) is 5.69 Å². The zero-order valence-electron chi connectivity index (χ0n) is 17.7. The van der Waals surface area contributed by atoms with Crippen LogP contribution in [0.1, 0.15) is 18.5 Å². The molecule has 0 unspecified atom stereocenters. The van der Waals surface area contributed by atoms with Crippen molar-refractivity contribution in [1.82, 2.24) is 10.2 Å². The van der Waals surface area contributed by atoms with Crippen molar-refractivity contribution in [3.05, 3.63) is 72.3 Å². The molecule has 5 heteroatoms. The molecule has 30 heavy (non-hydrogen) atoms. The largest absolute Gasteiger partial charge is 0.497 e. The molecular formula is C25H29N3O2. The number of amides is 1. The van der Waals surface area contributed by atoms with E-state index >= 15 is 0 Å². The first-order valence-electron chi connectivity index (χ1n) is 10.5. The molecule has 1 aliphatic rings. The highest BCUT2D eigenvalue weighted by Gasteiger charge is 2.20. The summed E-state index contributed by atoms with van der Waals surface area (Å²) < 4.78 is 5.23. The Bertz CT molecular complexity index is 995. The molecule has 1 aliphatic heterocycles. The highest BCUT2D eigenvalue weighted by Crippen LogP contribution is 2.21. The molecule has 1 saturated heterocycles. The monoisotopic (exact) mass is 403 g/mol. The van der Waals surface area contributed by atoms with E-state index in [0.29, 0.717) is 6.54 Å². The van der Waals surface area contributed by atoms with Crippen LogP contribution in [-0.2, 0) is 4.79 Å². The summed E-state index contributed by atoms with van der Waals surface area (Å²) in [4.78, 5) is 17.2. The summed E-state index contributed by atoms with van der Waals surface area (Å²) in [6.45, 7) is 6.07. The first kappa shape index (κ1) is 20.2. The number of piperazine rings is 1. The molecule has 0 aliphatic carbocycles. The normalized spacial score (nSPS) is 15.7. The Kier molecular flexibility index (Phi) is 6.19. The maximum atomic E-state index is 12.6. The Morgan fingerprint density at radius 3 is 2.37 bits per heavy atom. The number of anilines is 1. The number of carbonyl (C=O) groups excluding carboxylic acids is 1. The predicted octanol–water partition coefficient (Wildman–Crippen LogP) is 3.85. The molecule has 1 N–H and O–H groups in total. The lowest BCUT2D eigenvalue weighted by molar-refractivity contribution is -0.123. The van der Waals surface area contributed by atoms with Gasteiger partial charge in [-0.2, -0.15) is 0 Å². The molecule has 1 atom stereocenters. The molecule has 1 heterocycles. The lowest BCUT2D eigenvalue weighted by Crippen LogP contribution is -2.49. The van der Waals surface area contributed by atoms with Gasteiger partial charge in [0.05, 0.1) is 19.7 Å². The number of rotatable bonds is 6. The van der Waals surface area contributed by atoms with Crippen molar-refractivity contribution < 1.29 is 9.53 Å². The van der Waals surface area contributed by atoms with Gasteiger partial charge in [-0.05, 0) is 53.6 Å². The average molecular weight is 404 g/mol. The Labute approximate surface area is 178 Å². The highest BCUT2D eigenvalue weighted by atomic mass is 16.5. The molecule has 0 saturated carbocycles. The fourth-order valence-electron chi connectivity index (χ4n) is 4.01. The predicted molar refractivity (Wildman–Crippen MR) is 122 cm³/mol. The molecular weight excluding hydrogens is 374 g/mol. The van der Waals surface area contributed by atoms with E-state index < -0.39 is 0 Å². The smallest absolute Gasteiger partial charge is 0.234 e. The third kappa shape index (κ3) is 4.74. The Hall–Kier alpha value is -3.05. The number of fused-ring (bicyclic) bond motifs is 1. The number of carbonyl (C=O) groups is 1. The maximum absolute atomic E-state index is 12.6. The van der Waals surface area contributed by atoms with Crippen LogP contribution in [0.15, 0.2) is 66.7 Å². The minimum absolute atomic E-state index is 0.0114. The standard InChI is InChI=1S/C25H29N3O2/c1-19(21-8-7-20-5-3-4-6-22(20)17-21)26-25(29)18-27-13-15-28(16-14-27)23-9-11-24(30-2)12-10-23/h3-12,17,19H,13-16,18H2,1-2H3,(H,26,29)/t19-/m1/s1. The van der Waals surface area contributed by atoms with Crippen molar-refractivity contribution in [2.75, 3.05) is 44.7 Å². The summed E-state index contributed by atoms with van der Waals surface area (Å²) in [7, 11) is 1.68. The van der Waals surface area contributed by atoms with E-state index in [1.54, 1.807) is 7.11 Å². The van der Waals surface area contributed by atoms with Gasteiger partial charge in [-0.25, -0.2) is 0 Å². The van der Waals surface area contributed by atoms with E-state index in [-0.39, 0.29) is 11.9 Å². The molecule has 0 aromatic heterocycles. The maximum Gasteiger partial charge on any atom is 0.234 e. The minimum atomic E-state index is -0.0114. The summed E-state index contributed by atoms with van der Waals surface area (Å²) >= 11 is 0. The SMILES string of the molecule is COc1ccc(N2CCN(CC(=O)N[C@H](C)c3ccc4ccccc4c3)CC2)cc1. The summed E-state index contributed by atoms with van der Waals surface area (Å²) in [6, 6.07) is 22.8. The van der Waals surface area contributed by atoms with E-state index in [2.05, 4.69) is 57.6 Å². The number of nitrogens with zero attached hydrogens (tertiary/aromatic N) is 2. The second kappa shape index (κ2) is 9.18. The molecule has 1 amide bonds. The number of benzene rings is 3. The van der Waals surface area contributed by atoms with E-state index in [0.717, 1.165) is 37.5 Å². The van der Waals surface area contributed by atoms with Crippen LogP contribution in [0.5, 0.6) is 5.75 Å². The summed E-state index contributed by atoms with van der Waals surface area (Å²) in [6.07, 6.45) is 0. The van der Waals surface area contributed by atoms with Crippen LogP contribution in [0.25, 0.3) is 10.8 Å². The highest BCUT2D eigenvalue weighted by molar-refractivity contribution is 5.83. The second-order valence-electron chi connectivity index (χ2n) is 7.86. The third-order valence-electron chi connectivity index (χ3n) is 5.83. The third-order valence-corrected chi connectivity index (χ3v) is 5.83. The quantitative estimate of drug-likeness (QED) is 0.679. The number of hydrogen-bond acceptors (Lipinski definition) is 4. The van der Waals surface area contributed by atoms with Gasteiger partial charge >= 0.3 is 0 Å². The van der Waals surface area contributed by atoms with Gasteiger partial charge in [0.25, 0.3) is 0 Å². The Morgan fingerprint density at radius 2 is 1.67 bits per heavy atom. The molecule has 5 nitrogen and oxygen atoms in total. The average Bonchev–Trinajstić information content (AvgIpc) is 2.79. The molecule has 156 valence electrons. The van der Waals surface area contributed by atoms with Crippen LogP contribution in [0.3, 0.4) is 0 Å². The summed E-state index contributed by atoms with van der Waals surface area (Å²) in [5.74, 6) is 0.947. The van der Waals surface area contributed by atoms with Crippen LogP contribution in [0.2, 0.25) is 0 Å². The second-order valence-corrected chi connectivity index (χ2v) is 7.86. The zero-order valence-corrected chi connectivity index (χ0v) is 17.7. The lowest BCUT2D eigenvalue weighted by Gasteiger charge is -2.36. The molecule has 0 radical (unpaired) electrons. The number of ether oxygens (including phenoxy) is 1. The summed E-state index contributed by atoms with van der Waals surface area (Å²) in [5, 5.41) is 5.57. The topological polar surface area (TPSA) is 44.8 Å². The van der Waals surface area contributed by atoms with Gasteiger partial charge in [-0.3, -0.25) is 9.69 Å². The fourth-order valence-corrected chi connectivity index (χ4v) is 4.01. The Morgan fingerprint density at radius 1 is 0.967 bits per heavy atom.